The molecule has 0 radical (unpaired) electrons. The Morgan fingerprint density at radius 2 is 1.64 bits per heavy atom. The van der Waals surface area contributed by atoms with Crippen molar-refractivity contribution in [2.24, 2.45) is 11.8 Å². The van der Waals surface area contributed by atoms with Gasteiger partial charge in [0.1, 0.15) is 11.9 Å². The summed E-state index contributed by atoms with van der Waals surface area (Å²) in [6.07, 6.45) is -7.82. The number of para-hydroxylation sites is 1. The summed E-state index contributed by atoms with van der Waals surface area (Å²) in [4.78, 5) is 39.6. The van der Waals surface area contributed by atoms with E-state index in [0.29, 0.717) is 25.3 Å². The van der Waals surface area contributed by atoms with Crippen LogP contribution in [0.1, 0.15) is 53.2 Å². The van der Waals surface area contributed by atoms with Gasteiger partial charge in [-0.25, -0.2) is 4.39 Å². The zero-order valence-electron chi connectivity index (χ0n) is 20.1. The van der Waals surface area contributed by atoms with Crippen molar-refractivity contribution in [1.82, 2.24) is 10.2 Å². The molecule has 3 amide bonds. The molecule has 6 nitrogen and oxygen atoms in total. The van der Waals surface area contributed by atoms with Crippen LogP contribution in [-0.2, 0) is 15.8 Å². The third-order valence-electron chi connectivity index (χ3n) is 7.36. The molecule has 0 spiro atoms. The Morgan fingerprint density at radius 3 is 2.26 bits per heavy atom. The van der Waals surface area contributed by atoms with Gasteiger partial charge in [0.05, 0.1) is 22.9 Å². The molecule has 2 N–H and O–H groups in total. The lowest BCUT2D eigenvalue weighted by Gasteiger charge is -2.30. The number of fused-ring (bicyclic) bond motifs is 1. The van der Waals surface area contributed by atoms with E-state index in [9.17, 15) is 45.1 Å². The molecular formula is C26H22F7N3O3. The van der Waals surface area contributed by atoms with Crippen molar-refractivity contribution in [3.8, 4) is 0 Å². The molecule has 1 heterocycles. The van der Waals surface area contributed by atoms with Crippen molar-refractivity contribution >= 4 is 23.4 Å². The van der Waals surface area contributed by atoms with Crippen molar-refractivity contribution in [1.29, 1.82) is 0 Å². The van der Waals surface area contributed by atoms with E-state index in [0.717, 1.165) is 18.2 Å². The fourth-order valence-corrected chi connectivity index (χ4v) is 5.18. The van der Waals surface area contributed by atoms with Crippen molar-refractivity contribution in [2.45, 2.75) is 56.2 Å². The summed E-state index contributed by atoms with van der Waals surface area (Å²) in [5.41, 5.74) is -1.85. The summed E-state index contributed by atoms with van der Waals surface area (Å²) in [6.45, 7) is 0. The zero-order valence-corrected chi connectivity index (χ0v) is 20.1. The SMILES string of the molecule is O=C(NC(c1ccc(C(F)(F)F)cc1F)C1CC1)[C@H]1C[C@H]2C[C@H]2N1C(=O)c1ccccc1NC(=O)C(F)(F)F. The van der Waals surface area contributed by atoms with Crippen LogP contribution in [0.2, 0.25) is 0 Å². The summed E-state index contributed by atoms with van der Waals surface area (Å²) >= 11 is 0. The van der Waals surface area contributed by atoms with Crippen LogP contribution in [0, 0.1) is 17.7 Å². The number of hydrogen-bond acceptors (Lipinski definition) is 3. The fourth-order valence-electron chi connectivity index (χ4n) is 5.18. The number of rotatable bonds is 6. The van der Waals surface area contributed by atoms with Crippen LogP contribution in [0.5, 0.6) is 0 Å². The second-order valence-electron chi connectivity index (χ2n) is 10.1. The van der Waals surface area contributed by atoms with Gasteiger partial charge in [-0.2, -0.15) is 26.3 Å². The lowest BCUT2D eigenvalue weighted by atomic mass is 9.98. The van der Waals surface area contributed by atoms with Crippen molar-refractivity contribution in [2.75, 3.05) is 5.32 Å². The number of benzene rings is 2. The van der Waals surface area contributed by atoms with Crippen LogP contribution >= 0.6 is 0 Å². The van der Waals surface area contributed by atoms with E-state index in [2.05, 4.69) is 5.32 Å². The predicted molar refractivity (Wildman–Crippen MR) is 123 cm³/mol. The number of anilines is 1. The monoisotopic (exact) mass is 557 g/mol. The summed E-state index contributed by atoms with van der Waals surface area (Å²) in [7, 11) is 0. The molecule has 2 saturated carbocycles. The van der Waals surface area contributed by atoms with Crippen LogP contribution < -0.4 is 10.6 Å². The molecule has 4 atom stereocenters. The average Bonchev–Trinajstić information content (AvgIpc) is 3.79. The Balaban J connectivity index is 1.37. The maximum absolute atomic E-state index is 14.7. The second kappa shape index (κ2) is 9.53. The van der Waals surface area contributed by atoms with E-state index in [1.165, 1.54) is 23.1 Å². The molecule has 39 heavy (non-hydrogen) atoms. The van der Waals surface area contributed by atoms with Gasteiger partial charge < -0.3 is 15.5 Å². The van der Waals surface area contributed by atoms with E-state index in [-0.39, 0.29) is 41.1 Å². The first-order valence-corrected chi connectivity index (χ1v) is 12.2. The van der Waals surface area contributed by atoms with Gasteiger partial charge in [-0.15, -0.1) is 0 Å². The number of likely N-dealkylation sites (tertiary alicyclic amines) is 1. The molecule has 13 heteroatoms. The summed E-state index contributed by atoms with van der Waals surface area (Å²) < 4.78 is 92.1. The van der Waals surface area contributed by atoms with Gasteiger partial charge in [0.15, 0.2) is 0 Å². The summed E-state index contributed by atoms with van der Waals surface area (Å²) in [5.74, 6) is -4.96. The smallest absolute Gasteiger partial charge is 0.347 e. The number of hydrogen-bond donors (Lipinski definition) is 2. The van der Waals surface area contributed by atoms with Crippen LogP contribution in [-0.4, -0.2) is 40.9 Å². The number of carbonyl (C=O) groups is 3. The minimum atomic E-state index is -5.18. The molecule has 2 aliphatic carbocycles. The molecule has 3 aliphatic rings. The van der Waals surface area contributed by atoms with Crippen LogP contribution in [0.15, 0.2) is 42.5 Å². The molecule has 2 aromatic carbocycles. The maximum Gasteiger partial charge on any atom is 0.471 e. The molecular weight excluding hydrogens is 535 g/mol. The van der Waals surface area contributed by atoms with E-state index < -0.39 is 53.5 Å². The molecule has 0 bridgehead atoms. The molecule has 0 aromatic heterocycles. The molecule has 1 saturated heterocycles. The highest BCUT2D eigenvalue weighted by molar-refractivity contribution is 6.06. The van der Waals surface area contributed by atoms with E-state index in [4.69, 9.17) is 0 Å². The normalized spacial score (nSPS) is 23.2. The average molecular weight is 557 g/mol. The highest BCUT2D eigenvalue weighted by atomic mass is 19.4. The number of alkyl halides is 6. The highest BCUT2D eigenvalue weighted by Crippen LogP contribution is 2.49. The van der Waals surface area contributed by atoms with Gasteiger partial charge in [0.25, 0.3) is 5.91 Å². The van der Waals surface area contributed by atoms with Gasteiger partial charge >= 0.3 is 18.3 Å². The van der Waals surface area contributed by atoms with Gasteiger partial charge in [-0.05, 0) is 61.8 Å². The van der Waals surface area contributed by atoms with Gasteiger partial charge in [0, 0.05) is 11.6 Å². The highest BCUT2D eigenvalue weighted by Gasteiger charge is 2.57. The molecule has 5 rings (SSSR count). The molecule has 208 valence electrons. The van der Waals surface area contributed by atoms with Crippen molar-refractivity contribution in [3.63, 3.8) is 0 Å². The topological polar surface area (TPSA) is 78.5 Å². The Morgan fingerprint density at radius 1 is 0.949 bits per heavy atom. The molecule has 3 fully saturated rings. The first kappa shape index (κ1) is 26.9. The number of nitrogens with zero attached hydrogens (tertiary/aromatic N) is 1. The Kier molecular flexibility index (Phi) is 6.58. The minimum Gasteiger partial charge on any atom is -0.347 e. The van der Waals surface area contributed by atoms with Gasteiger partial charge in [-0.1, -0.05) is 18.2 Å². The predicted octanol–water partition coefficient (Wildman–Crippen LogP) is 5.22. The van der Waals surface area contributed by atoms with Crippen molar-refractivity contribution in [3.05, 3.63) is 65.0 Å². The Bertz CT molecular complexity index is 1320. The van der Waals surface area contributed by atoms with Crippen LogP contribution in [0.4, 0.5) is 36.4 Å². The van der Waals surface area contributed by atoms with E-state index >= 15 is 0 Å². The van der Waals surface area contributed by atoms with Crippen LogP contribution in [0.3, 0.4) is 0 Å². The first-order valence-electron chi connectivity index (χ1n) is 12.2. The van der Waals surface area contributed by atoms with E-state index in [1.54, 1.807) is 5.32 Å². The molecule has 1 aliphatic heterocycles. The number of piperidine rings is 1. The molecule has 2 aromatic rings. The largest absolute Gasteiger partial charge is 0.471 e. The maximum atomic E-state index is 14.7. The quantitative estimate of drug-likeness (QED) is 0.479. The number of nitrogens with one attached hydrogen (secondary N) is 2. The minimum absolute atomic E-state index is 0.0104. The summed E-state index contributed by atoms with van der Waals surface area (Å²) in [6, 6.07) is 4.98. The lowest BCUT2D eigenvalue weighted by molar-refractivity contribution is -0.167. The lowest BCUT2D eigenvalue weighted by Crippen LogP contribution is -2.49. The van der Waals surface area contributed by atoms with Crippen LogP contribution in [0.25, 0.3) is 0 Å². The summed E-state index contributed by atoms with van der Waals surface area (Å²) in [5, 5.41) is 4.40. The fraction of sp³-hybridized carbons (Fsp3) is 0.423. The number of carbonyl (C=O) groups excluding carboxylic acids is 3. The zero-order chi connectivity index (χ0) is 28.3. The number of amides is 3. The van der Waals surface area contributed by atoms with Gasteiger partial charge in [-0.3, -0.25) is 14.4 Å². The third kappa shape index (κ3) is 5.44. The van der Waals surface area contributed by atoms with Gasteiger partial charge in [0.2, 0.25) is 5.91 Å². The first-order chi connectivity index (χ1) is 18.3. The molecule has 1 unspecified atom stereocenters. The standard InChI is InChI=1S/C26H22F7N3O3/c27-17-11-14(25(28,29)30)7-8-15(17)21(12-5-6-12)35-22(37)20-10-13-9-19(13)36(20)23(38)16-3-1-2-4-18(16)34-24(39)26(31,32)33/h1-4,7-8,11-13,19-21H,5-6,9-10H2,(H,34,39)(H,35,37)/t13-,19-,20-,21?/m1/s1. The second-order valence-corrected chi connectivity index (χ2v) is 10.1. The van der Waals surface area contributed by atoms with E-state index in [1.807, 2.05) is 0 Å². The third-order valence-corrected chi connectivity index (χ3v) is 7.36. The number of halogens is 7. The Hall–Kier alpha value is -3.64. The van der Waals surface area contributed by atoms with Crippen molar-refractivity contribution < 1.29 is 45.1 Å². The Labute approximate surface area is 217 Å².